The molecule has 0 amide bonds. The first-order chi connectivity index (χ1) is 9.52. The molecule has 20 heavy (non-hydrogen) atoms. The van der Waals surface area contributed by atoms with Gasteiger partial charge in [-0.1, -0.05) is 23.2 Å². The van der Waals surface area contributed by atoms with Crippen molar-refractivity contribution in [3.63, 3.8) is 0 Å². The van der Waals surface area contributed by atoms with Crippen LogP contribution in [0.15, 0.2) is 24.4 Å². The number of hydrogen-bond donors (Lipinski definition) is 1. The summed E-state index contributed by atoms with van der Waals surface area (Å²) in [6.07, 6.45) is 0.312. The van der Waals surface area contributed by atoms with E-state index in [9.17, 15) is 9.50 Å². The first-order valence-corrected chi connectivity index (χ1v) is 6.62. The third-order valence-corrected chi connectivity index (χ3v) is 3.31. The summed E-state index contributed by atoms with van der Waals surface area (Å²) in [4.78, 5) is 0. The molecular weight excluding hydrogens is 306 g/mol. The molecule has 2 rings (SSSR count). The van der Waals surface area contributed by atoms with Gasteiger partial charge in [-0.05, 0) is 23.8 Å². The maximum atomic E-state index is 13.4. The molecule has 1 unspecified atom stereocenters. The van der Waals surface area contributed by atoms with Crippen molar-refractivity contribution in [2.45, 2.75) is 12.6 Å². The van der Waals surface area contributed by atoms with Crippen LogP contribution in [0.3, 0.4) is 0 Å². The highest BCUT2D eigenvalue weighted by atomic mass is 35.5. The van der Waals surface area contributed by atoms with Gasteiger partial charge < -0.3 is 9.84 Å². The summed E-state index contributed by atoms with van der Waals surface area (Å²) < 4.78 is 19.9. The van der Waals surface area contributed by atoms with Gasteiger partial charge in [-0.25, -0.2) is 4.39 Å². The summed E-state index contributed by atoms with van der Waals surface area (Å²) in [7, 11) is 1.56. The number of nitrogens with zero attached hydrogens (tertiary/aromatic N) is 2. The molecule has 7 heteroatoms. The van der Waals surface area contributed by atoms with Crippen molar-refractivity contribution >= 4 is 23.2 Å². The van der Waals surface area contributed by atoms with Gasteiger partial charge in [-0.3, -0.25) is 4.68 Å². The van der Waals surface area contributed by atoms with Crippen LogP contribution in [0.25, 0.3) is 0 Å². The van der Waals surface area contributed by atoms with Crippen molar-refractivity contribution in [1.29, 1.82) is 0 Å². The highest BCUT2D eigenvalue weighted by molar-refractivity contribution is 6.31. The molecule has 0 radical (unpaired) electrons. The number of aromatic nitrogens is 2. The number of ether oxygens (including phenoxy) is 1. The van der Waals surface area contributed by atoms with Gasteiger partial charge in [0, 0.05) is 12.1 Å². The van der Waals surface area contributed by atoms with E-state index < -0.39 is 11.9 Å². The minimum atomic E-state index is -1.12. The van der Waals surface area contributed by atoms with Crippen LogP contribution in [-0.4, -0.2) is 28.6 Å². The first-order valence-electron chi connectivity index (χ1n) is 5.87. The Labute approximate surface area is 125 Å². The topological polar surface area (TPSA) is 47.3 Å². The van der Waals surface area contributed by atoms with E-state index in [1.165, 1.54) is 29.1 Å². The highest BCUT2D eigenvalue weighted by Gasteiger charge is 2.20. The number of halogens is 3. The van der Waals surface area contributed by atoms with E-state index in [2.05, 4.69) is 5.10 Å². The molecule has 4 nitrogen and oxygen atoms in total. The zero-order valence-electron chi connectivity index (χ0n) is 10.7. The van der Waals surface area contributed by atoms with Crippen molar-refractivity contribution in [2.75, 3.05) is 13.7 Å². The predicted molar refractivity (Wildman–Crippen MR) is 74.6 cm³/mol. The fourth-order valence-corrected chi connectivity index (χ4v) is 2.37. The van der Waals surface area contributed by atoms with Crippen molar-refractivity contribution in [1.82, 2.24) is 9.78 Å². The van der Waals surface area contributed by atoms with Crippen molar-refractivity contribution in [2.24, 2.45) is 0 Å². The van der Waals surface area contributed by atoms with Crippen LogP contribution >= 0.6 is 23.2 Å². The van der Waals surface area contributed by atoms with Crippen LogP contribution in [0.4, 0.5) is 4.39 Å². The molecule has 0 bridgehead atoms. The quantitative estimate of drug-likeness (QED) is 0.921. The summed E-state index contributed by atoms with van der Waals surface area (Å²) >= 11 is 11.8. The molecule has 0 aliphatic carbocycles. The Morgan fingerprint density at radius 2 is 2.15 bits per heavy atom. The lowest BCUT2D eigenvalue weighted by molar-refractivity contribution is 0.171. The molecule has 0 aliphatic rings. The van der Waals surface area contributed by atoms with E-state index in [0.29, 0.717) is 29.4 Å². The van der Waals surface area contributed by atoms with E-state index in [1.807, 2.05) is 0 Å². The van der Waals surface area contributed by atoms with E-state index in [0.717, 1.165) is 0 Å². The van der Waals surface area contributed by atoms with E-state index in [-0.39, 0.29) is 5.02 Å². The Balaban J connectivity index is 2.36. The lowest BCUT2D eigenvalue weighted by atomic mass is 10.1. The Bertz CT molecular complexity index is 584. The number of rotatable bonds is 5. The average Bonchev–Trinajstić information content (AvgIpc) is 2.75. The van der Waals surface area contributed by atoms with Gasteiger partial charge in [0.2, 0.25) is 0 Å². The monoisotopic (exact) mass is 318 g/mol. The molecule has 0 saturated carbocycles. The Hall–Kier alpha value is -1.14. The normalized spacial score (nSPS) is 12.7. The minimum absolute atomic E-state index is 0.207. The lowest BCUT2D eigenvalue weighted by Gasteiger charge is -2.15. The van der Waals surface area contributed by atoms with Crippen LogP contribution in [0, 0.1) is 5.82 Å². The van der Waals surface area contributed by atoms with E-state index in [1.54, 1.807) is 7.11 Å². The molecule has 1 atom stereocenters. The Morgan fingerprint density at radius 3 is 2.80 bits per heavy atom. The molecule has 0 saturated heterocycles. The van der Waals surface area contributed by atoms with Crippen LogP contribution in [-0.2, 0) is 11.3 Å². The second-order valence-corrected chi connectivity index (χ2v) is 5.04. The van der Waals surface area contributed by atoms with Gasteiger partial charge in [0.05, 0.1) is 30.1 Å². The number of methoxy groups -OCH3 is 1. The fraction of sp³-hybridized carbons (Fsp3) is 0.308. The SMILES string of the molecule is COCCn1ncc(Cl)c1C(O)c1cc(F)cc(Cl)c1. The van der Waals surface area contributed by atoms with Gasteiger partial charge in [-0.15, -0.1) is 0 Å². The van der Waals surface area contributed by atoms with Gasteiger partial charge in [0.15, 0.2) is 0 Å². The zero-order chi connectivity index (χ0) is 14.7. The van der Waals surface area contributed by atoms with Gasteiger partial charge >= 0.3 is 0 Å². The Morgan fingerprint density at radius 1 is 1.40 bits per heavy atom. The van der Waals surface area contributed by atoms with E-state index in [4.69, 9.17) is 27.9 Å². The molecule has 1 heterocycles. The van der Waals surface area contributed by atoms with Gasteiger partial charge in [-0.2, -0.15) is 5.10 Å². The van der Waals surface area contributed by atoms with Gasteiger partial charge in [0.1, 0.15) is 11.9 Å². The van der Waals surface area contributed by atoms with Crippen molar-refractivity contribution in [3.05, 3.63) is 51.5 Å². The second-order valence-electron chi connectivity index (χ2n) is 4.20. The summed E-state index contributed by atoms with van der Waals surface area (Å²) in [5.74, 6) is -0.523. The smallest absolute Gasteiger partial charge is 0.125 e. The summed E-state index contributed by atoms with van der Waals surface area (Å²) in [5, 5.41) is 14.9. The summed E-state index contributed by atoms with van der Waals surface area (Å²) in [5.41, 5.74) is 0.696. The van der Waals surface area contributed by atoms with Crippen LogP contribution in [0.2, 0.25) is 10.0 Å². The minimum Gasteiger partial charge on any atom is -0.383 e. The average molecular weight is 319 g/mol. The number of hydrogen-bond acceptors (Lipinski definition) is 3. The molecule has 0 aliphatic heterocycles. The second kappa shape index (κ2) is 6.54. The van der Waals surface area contributed by atoms with Gasteiger partial charge in [0.25, 0.3) is 0 Å². The Kier molecular flexibility index (Phi) is 4.99. The van der Waals surface area contributed by atoms with Crippen molar-refractivity contribution in [3.8, 4) is 0 Å². The number of benzene rings is 1. The summed E-state index contributed by atoms with van der Waals surface area (Å²) in [6, 6.07) is 3.86. The maximum Gasteiger partial charge on any atom is 0.125 e. The molecule has 1 N–H and O–H groups in total. The van der Waals surface area contributed by atoms with Crippen LogP contribution in [0.5, 0.6) is 0 Å². The number of aliphatic hydroxyl groups excluding tert-OH is 1. The molecular formula is C13H13Cl2FN2O2. The molecule has 1 aromatic heterocycles. The standard InChI is InChI=1S/C13H13Cl2FN2O2/c1-20-3-2-18-12(11(15)7-17-18)13(19)8-4-9(14)6-10(16)5-8/h4-7,13,19H,2-3H2,1H3. The fourth-order valence-electron chi connectivity index (χ4n) is 1.89. The molecule has 1 aromatic carbocycles. The van der Waals surface area contributed by atoms with Crippen LogP contribution < -0.4 is 0 Å². The maximum absolute atomic E-state index is 13.4. The predicted octanol–water partition coefficient (Wildman–Crippen LogP) is 3.06. The zero-order valence-corrected chi connectivity index (χ0v) is 12.2. The highest BCUT2D eigenvalue weighted by Crippen LogP contribution is 2.30. The van der Waals surface area contributed by atoms with Crippen molar-refractivity contribution < 1.29 is 14.2 Å². The first kappa shape index (κ1) is 15.3. The molecule has 0 spiro atoms. The molecule has 0 fully saturated rings. The number of aliphatic hydroxyl groups is 1. The molecule has 2 aromatic rings. The lowest BCUT2D eigenvalue weighted by Crippen LogP contribution is -2.13. The molecule has 108 valence electrons. The third kappa shape index (κ3) is 3.30. The van der Waals surface area contributed by atoms with Crippen LogP contribution in [0.1, 0.15) is 17.4 Å². The van der Waals surface area contributed by atoms with E-state index >= 15 is 0 Å². The largest absolute Gasteiger partial charge is 0.383 e. The summed E-state index contributed by atoms with van der Waals surface area (Å²) in [6.45, 7) is 0.848. The third-order valence-electron chi connectivity index (χ3n) is 2.80.